The van der Waals surface area contributed by atoms with Gasteiger partial charge in [-0.25, -0.2) is 0 Å². The summed E-state index contributed by atoms with van der Waals surface area (Å²) in [5.41, 5.74) is 2.78. The number of hydrogen-bond acceptors (Lipinski definition) is 4. The second-order valence-electron chi connectivity index (χ2n) is 10.2. The Balaban J connectivity index is 1.20. The number of piperidine rings is 1. The summed E-state index contributed by atoms with van der Waals surface area (Å²) in [6.45, 7) is 1.01. The number of carbonyl (C=O) groups excluding carboxylic acids is 2. The van der Waals surface area contributed by atoms with Gasteiger partial charge in [0.2, 0.25) is 11.8 Å². The lowest BCUT2D eigenvalue weighted by Crippen LogP contribution is -2.47. The lowest BCUT2D eigenvalue weighted by Gasteiger charge is -2.38. The minimum Gasteiger partial charge on any atom is -0.383 e. The molecule has 186 valence electrons. The lowest BCUT2D eigenvalue weighted by molar-refractivity contribution is -0.136. The predicted octanol–water partition coefficient (Wildman–Crippen LogP) is 4.23. The normalized spacial score (nSPS) is 21.2. The average Bonchev–Trinajstić information content (AvgIpc) is 3.29. The smallest absolute Gasteiger partial charge is 0.222 e. The number of nitrogens with one attached hydrogen (secondary N) is 1. The highest BCUT2D eigenvalue weighted by molar-refractivity contribution is 5.80. The molecule has 6 heteroatoms. The first kappa shape index (κ1) is 24.2. The van der Waals surface area contributed by atoms with E-state index >= 15 is 0 Å². The molecule has 5 rings (SSSR count). The van der Waals surface area contributed by atoms with E-state index in [0.29, 0.717) is 57.3 Å². The molecule has 1 atom stereocenters. The maximum Gasteiger partial charge on any atom is 0.222 e. The van der Waals surface area contributed by atoms with E-state index in [4.69, 9.17) is 0 Å². The standard InChI is InChI=1S/C30H33N3O3/c34-27-13-15-29(32-27,22-23-9-11-25(12-10-23)24-6-2-1-3-7-24)16-14-28(35)33-20-17-30(36,18-21-33)26-8-4-5-19-31-26/h1-12,19,36H,13-18,20-22H2,(H,32,34)/t29-/m0/s1. The first-order valence-corrected chi connectivity index (χ1v) is 12.8. The minimum absolute atomic E-state index is 0.0572. The third-order valence-corrected chi connectivity index (χ3v) is 7.74. The van der Waals surface area contributed by atoms with Crippen LogP contribution in [0, 0.1) is 0 Å². The second-order valence-corrected chi connectivity index (χ2v) is 10.2. The van der Waals surface area contributed by atoms with Gasteiger partial charge in [-0.1, -0.05) is 60.7 Å². The summed E-state index contributed by atoms with van der Waals surface area (Å²) in [6, 6.07) is 24.3. The van der Waals surface area contributed by atoms with Crippen molar-refractivity contribution in [3.63, 3.8) is 0 Å². The SMILES string of the molecule is O=C1CC[C@](CCC(=O)N2CCC(O)(c3ccccn3)CC2)(Cc2ccc(-c3ccccc3)cc2)N1. The topological polar surface area (TPSA) is 82.5 Å². The van der Waals surface area contributed by atoms with Crippen LogP contribution >= 0.6 is 0 Å². The zero-order valence-corrected chi connectivity index (χ0v) is 20.5. The zero-order chi connectivity index (χ0) is 25.0. The molecule has 0 radical (unpaired) electrons. The quantitative estimate of drug-likeness (QED) is 0.527. The number of nitrogens with zero attached hydrogens (tertiary/aromatic N) is 2. The van der Waals surface area contributed by atoms with E-state index in [-0.39, 0.29) is 11.8 Å². The fourth-order valence-electron chi connectivity index (χ4n) is 5.54. The van der Waals surface area contributed by atoms with Crippen LogP contribution in [-0.4, -0.2) is 45.4 Å². The van der Waals surface area contributed by atoms with Crippen molar-refractivity contribution in [1.82, 2.24) is 15.2 Å². The van der Waals surface area contributed by atoms with Crippen molar-refractivity contribution >= 4 is 11.8 Å². The van der Waals surface area contributed by atoms with Gasteiger partial charge in [0.25, 0.3) is 0 Å². The first-order valence-electron chi connectivity index (χ1n) is 12.8. The Labute approximate surface area is 212 Å². The molecule has 0 saturated carbocycles. The van der Waals surface area contributed by atoms with Gasteiger partial charge in [0.05, 0.1) is 5.69 Å². The van der Waals surface area contributed by atoms with Crippen LogP contribution in [0.5, 0.6) is 0 Å². The van der Waals surface area contributed by atoms with Crippen LogP contribution in [0.3, 0.4) is 0 Å². The van der Waals surface area contributed by atoms with Crippen molar-refractivity contribution in [3.8, 4) is 11.1 Å². The van der Waals surface area contributed by atoms with Crippen LogP contribution in [0.15, 0.2) is 79.0 Å². The van der Waals surface area contributed by atoms with E-state index in [1.807, 2.05) is 41.3 Å². The third kappa shape index (κ3) is 5.34. The molecule has 0 spiro atoms. The zero-order valence-electron chi connectivity index (χ0n) is 20.5. The van der Waals surface area contributed by atoms with Crippen molar-refractivity contribution in [2.45, 2.75) is 56.1 Å². The summed E-state index contributed by atoms with van der Waals surface area (Å²) in [5, 5.41) is 14.2. The molecule has 3 aromatic rings. The number of hydrogen-bond donors (Lipinski definition) is 2. The molecule has 2 saturated heterocycles. The fourth-order valence-corrected chi connectivity index (χ4v) is 5.54. The van der Waals surface area contributed by atoms with Gasteiger partial charge in [0, 0.05) is 37.7 Å². The number of benzene rings is 2. The van der Waals surface area contributed by atoms with Gasteiger partial charge in [-0.3, -0.25) is 14.6 Å². The summed E-state index contributed by atoms with van der Waals surface area (Å²) in [4.78, 5) is 31.5. The Morgan fingerprint density at radius 3 is 2.25 bits per heavy atom. The molecular formula is C30H33N3O3. The monoisotopic (exact) mass is 483 g/mol. The van der Waals surface area contributed by atoms with Crippen molar-refractivity contribution in [3.05, 3.63) is 90.3 Å². The van der Waals surface area contributed by atoms with Gasteiger partial charge in [-0.05, 0) is 60.9 Å². The van der Waals surface area contributed by atoms with E-state index in [0.717, 1.165) is 17.5 Å². The number of aliphatic hydroxyl groups is 1. The Hall–Kier alpha value is -3.51. The highest BCUT2D eigenvalue weighted by Crippen LogP contribution is 2.33. The second kappa shape index (κ2) is 10.2. The van der Waals surface area contributed by atoms with Gasteiger partial charge >= 0.3 is 0 Å². The van der Waals surface area contributed by atoms with Crippen LogP contribution in [-0.2, 0) is 21.6 Å². The number of pyridine rings is 1. The van der Waals surface area contributed by atoms with E-state index in [1.165, 1.54) is 5.56 Å². The largest absolute Gasteiger partial charge is 0.383 e. The fraction of sp³-hybridized carbons (Fsp3) is 0.367. The van der Waals surface area contributed by atoms with Crippen LogP contribution in [0.4, 0.5) is 0 Å². The Bertz CT molecular complexity index is 1190. The highest BCUT2D eigenvalue weighted by atomic mass is 16.3. The Morgan fingerprint density at radius 1 is 0.917 bits per heavy atom. The molecule has 2 N–H and O–H groups in total. The van der Waals surface area contributed by atoms with Crippen molar-refractivity contribution < 1.29 is 14.7 Å². The summed E-state index contributed by atoms with van der Waals surface area (Å²) in [7, 11) is 0. The van der Waals surface area contributed by atoms with Crippen LogP contribution < -0.4 is 5.32 Å². The van der Waals surface area contributed by atoms with Crippen LogP contribution in [0.1, 0.15) is 49.8 Å². The Morgan fingerprint density at radius 2 is 1.61 bits per heavy atom. The third-order valence-electron chi connectivity index (χ3n) is 7.74. The summed E-state index contributed by atoms with van der Waals surface area (Å²) < 4.78 is 0. The molecule has 0 unspecified atom stereocenters. The number of amides is 2. The molecule has 2 amide bonds. The first-order chi connectivity index (χ1) is 17.4. The molecule has 2 fully saturated rings. The molecule has 1 aromatic heterocycles. The summed E-state index contributed by atoms with van der Waals surface area (Å²) in [6.07, 6.45) is 5.58. The average molecular weight is 484 g/mol. The van der Waals surface area contributed by atoms with Gasteiger partial charge in [-0.2, -0.15) is 0 Å². The molecule has 2 aliphatic heterocycles. The molecule has 0 aliphatic carbocycles. The van der Waals surface area contributed by atoms with Gasteiger partial charge in [0.15, 0.2) is 0 Å². The van der Waals surface area contributed by atoms with Gasteiger partial charge < -0.3 is 15.3 Å². The van der Waals surface area contributed by atoms with E-state index in [2.05, 4.69) is 46.7 Å². The van der Waals surface area contributed by atoms with Gasteiger partial charge in [0.1, 0.15) is 5.60 Å². The Kier molecular flexibility index (Phi) is 6.88. The molecule has 2 aliphatic rings. The maximum absolute atomic E-state index is 13.1. The maximum atomic E-state index is 13.1. The number of rotatable bonds is 7. The van der Waals surface area contributed by atoms with Crippen molar-refractivity contribution in [1.29, 1.82) is 0 Å². The molecular weight excluding hydrogens is 450 g/mol. The van der Waals surface area contributed by atoms with Crippen LogP contribution in [0.2, 0.25) is 0 Å². The highest BCUT2D eigenvalue weighted by Gasteiger charge is 2.40. The molecule has 3 heterocycles. The number of likely N-dealkylation sites (tertiary alicyclic amines) is 1. The summed E-state index contributed by atoms with van der Waals surface area (Å²) >= 11 is 0. The summed E-state index contributed by atoms with van der Waals surface area (Å²) in [5.74, 6) is 0.139. The number of carbonyl (C=O) groups is 2. The van der Waals surface area contributed by atoms with E-state index in [9.17, 15) is 14.7 Å². The minimum atomic E-state index is -0.982. The molecule has 6 nitrogen and oxygen atoms in total. The van der Waals surface area contributed by atoms with Gasteiger partial charge in [-0.15, -0.1) is 0 Å². The lowest BCUT2D eigenvalue weighted by atomic mass is 9.84. The van der Waals surface area contributed by atoms with Crippen LogP contribution in [0.25, 0.3) is 11.1 Å². The molecule has 0 bridgehead atoms. The van der Waals surface area contributed by atoms with Crippen molar-refractivity contribution in [2.75, 3.05) is 13.1 Å². The van der Waals surface area contributed by atoms with E-state index < -0.39 is 11.1 Å². The number of aromatic nitrogens is 1. The molecule has 36 heavy (non-hydrogen) atoms. The van der Waals surface area contributed by atoms with Crippen molar-refractivity contribution in [2.24, 2.45) is 0 Å². The molecule has 2 aromatic carbocycles. The predicted molar refractivity (Wildman–Crippen MR) is 139 cm³/mol. The van der Waals surface area contributed by atoms with E-state index in [1.54, 1.807) is 6.20 Å².